The van der Waals surface area contributed by atoms with Crippen molar-refractivity contribution in [3.05, 3.63) is 107 Å². The maximum Gasteiger partial charge on any atom is 0.265 e. The first-order valence-electron chi connectivity index (χ1n) is 16.3. The third kappa shape index (κ3) is 5.81. The van der Waals surface area contributed by atoms with Gasteiger partial charge in [-0.2, -0.15) is 4.57 Å². The zero-order valence-corrected chi connectivity index (χ0v) is 28.3. The summed E-state index contributed by atoms with van der Waals surface area (Å²) >= 11 is 0. The van der Waals surface area contributed by atoms with Crippen molar-refractivity contribution in [2.24, 2.45) is 7.05 Å². The number of imidazole rings is 1. The molecule has 0 fully saturated rings. The van der Waals surface area contributed by atoms with Gasteiger partial charge in [-0.15, -0.1) is 0 Å². The highest BCUT2D eigenvalue weighted by Crippen LogP contribution is 2.39. The molecule has 1 heterocycles. The zero-order valence-electron chi connectivity index (χ0n) is 28.3. The Morgan fingerprint density at radius 3 is 1.40 bits per heavy atom. The number of hydrogen-bond acceptors (Lipinski definition) is 0. The Morgan fingerprint density at radius 2 is 0.953 bits per heavy atom. The Hall–Kier alpha value is -3.65. The quantitative estimate of drug-likeness (QED) is 0.164. The summed E-state index contributed by atoms with van der Waals surface area (Å²) in [5.74, 6) is 3.50. The minimum absolute atomic E-state index is 0.381. The molecule has 43 heavy (non-hydrogen) atoms. The molecule has 0 saturated heterocycles. The molecule has 0 unspecified atom stereocenters. The second-order valence-corrected chi connectivity index (χ2v) is 14.0. The van der Waals surface area contributed by atoms with Gasteiger partial charge in [0.15, 0.2) is 11.0 Å². The zero-order chi connectivity index (χ0) is 31.2. The normalized spacial score (nSPS) is 12.2. The fourth-order valence-electron chi connectivity index (χ4n) is 6.56. The average Bonchev–Trinajstić information content (AvgIpc) is 3.28. The van der Waals surface area contributed by atoms with Crippen molar-refractivity contribution in [1.29, 1.82) is 0 Å². The number of benzene rings is 4. The summed E-state index contributed by atoms with van der Waals surface area (Å²) < 4.78 is 4.95. The Balaban J connectivity index is 1.68. The maximum atomic E-state index is 2.56. The second-order valence-electron chi connectivity index (χ2n) is 14.0. The number of hydrogen-bond donors (Lipinski definition) is 0. The lowest BCUT2D eigenvalue weighted by molar-refractivity contribution is -0.654. The lowest BCUT2D eigenvalue weighted by Gasteiger charge is -2.21. The predicted octanol–water partition coefficient (Wildman–Crippen LogP) is 11.4. The molecule has 224 valence electrons. The molecule has 2 heteroatoms. The third-order valence-electron chi connectivity index (χ3n) is 9.07. The second kappa shape index (κ2) is 12.2. The van der Waals surface area contributed by atoms with Gasteiger partial charge in [0, 0.05) is 11.1 Å². The Morgan fingerprint density at radius 1 is 0.488 bits per heavy atom. The van der Waals surface area contributed by atoms with Crippen LogP contribution < -0.4 is 4.57 Å². The summed E-state index contributed by atoms with van der Waals surface area (Å²) in [6.45, 7) is 23.1. The number of para-hydroxylation sites is 2. The van der Waals surface area contributed by atoms with Gasteiger partial charge in [-0.05, 0) is 81.3 Å². The van der Waals surface area contributed by atoms with E-state index in [0.717, 1.165) is 0 Å². The van der Waals surface area contributed by atoms with Gasteiger partial charge < -0.3 is 0 Å². The van der Waals surface area contributed by atoms with Gasteiger partial charge in [-0.3, -0.25) is 0 Å². The molecule has 0 aliphatic carbocycles. The van der Waals surface area contributed by atoms with E-state index in [1.165, 1.54) is 67.1 Å². The first-order valence-corrected chi connectivity index (χ1v) is 16.3. The van der Waals surface area contributed by atoms with Crippen LogP contribution in [0.2, 0.25) is 0 Å². The van der Waals surface area contributed by atoms with E-state index in [1.807, 2.05) is 0 Å². The van der Waals surface area contributed by atoms with E-state index in [1.54, 1.807) is 0 Å². The summed E-state index contributed by atoms with van der Waals surface area (Å²) in [5.41, 5.74) is 14.7. The Labute approximate surface area is 260 Å². The molecule has 5 rings (SSSR count). The molecule has 0 aliphatic rings. The van der Waals surface area contributed by atoms with Crippen molar-refractivity contribution < 1.29 is 4.57 Å². The molecule has 4 aromatic carbocycles. The summed E-state index contributed by atoms with van der Waals surface area (Å²) in [4.78, 5) is 0. The van der Waals surface area contributed by atoms with E-state index < -0.39 is 0 Å². The minimum Gasteiger partial charge on any atom is -0.229 e. The molecule has 0 bridgehead atoms. The van der Waals surface area contributed by atoms with E-state index in [2.05, 4.69) is 164 Å². The number of rotatable bonds is 8. The number of nitrogens with zero attached hydrogens (tertiary/aromatic N) is 2. The third-order valence-corrected chi connectivity index (χ3v) is 9.07. The lowest BCUT2D eigenvalue weighted by Crippen LogP contribution is -2.34. The molecule has 0 amide bonds. The fraction of sp³-hybridized carbons (Fsp3) is 0.390. The van der Waals surface area contributed by atoms with E-state index in [-0.39, 0.29) is 0 Å². The van der Waals surface area contributed by atoms with Crippen LogP contribution in [0.25, 0.3) is 39.0 Å². The van der Waals surface area contributed by atoms with Crippen LogP contribution in [0.15, 0.2) is 78.9 Å². The summed E-state index contributed by atoms with van der Waals surface area (Å²) in [6, 6.07) is 30.2. The Bertz CT molecular complexity index is 1690. The molecule has 5 aromatic rings. The van der Waals surface area contributed by atoms with E-state index in [0.29, 0.717) is 29.6 Å². The van der Waals surface area contributed by atoms with Gasteiger partial charge in [0.1, 0.15) is 5.69 Å². The number of aromatic nitrogens is 2. The molecule has 0 atom stereocenters. The standard InChI is InChI=1S/C41H51N2/c1-25(2)32-20-33(26(3)4)22-34(21-32)30-16-18-31(19-17-30)35-23-36(27(5)6)40(37(24-35)28(7)8)43-39-15-13-12-14-38(39)42(11)41(43)29(9)10/h12-29H,1-11H3/q+1. The van der Waals surface area contributed by atoms with Gasteiger partial charge in [0.05, 0.1) is 13.0 Å². The van der Waals surface area contributed by atoms with Gasteiger partial charge in [-0.25, -0.2) is 4.57 Å². The highest BCUT2D eigenvalue weighted by Gasteiger charge is 2.31. The molecule has 0 radical (unpaired) electrons. The molecule has 0 spiro atoms. The summed E-state index contributed by atoms with van der Waals surface area (Å²) in [5, 5.41) is 0. The fourth-order valence-corrected chi connectivity index (χ4v) is 6.56. The monoisotopic (exact) mass is 571 g/mol. The molecular formula is C41H51N2+. The smallest absolute Gasteiger partial charge is 0.229 e. The van der Waals surface area contributed by atoms with Crippen LogP contribution in [0.1, 0.15) is 127 Å². The molecule has 2 nitrogen and oxygen atoms in total. The summed E-state index contributed by atoms with van der Waals surface area (Å²) in [7, 11) is 2.22. The van der Waals surface area contributed by atoms with Gasteiger partial charge in [-0.1, -0.05) is 124 Å². The lowest BCUT2D eigenvalue weighted by atomic mass is 9.87. The van der Waals surface area contributed by atoms with Crippen molar-refractivity contribution in [1.82, 2.24) is 4.57 Å². The van der Waals surface area contributed by atoms with Crippen LogP contribution in [0.5, 0.6) is 0 Å². The van der Waals surface area contributed by atoms with Crippen LogP contribution in [0.4, 0.5) is 0 Å². The van der Waals surface area contributed by atoms with Crippen molar-refractivity contribution in [3.8, 4) is 27.9 Å². The van der Waals surface area contributed by atoms with E-state index in [4.69, 9.17) is 0 Å². The van der Waals surface area contributed by atoms with Crippen LogP contribution in [0, 0.1) is 0 Å². The van der Waals surface area contributed by atoms with Crippen molar-refractivity contribution in [3.63, 3.8) is 0 Å². The van der Waals surface area contributed by atoms with Crippen LogP contribution in [-0.4, -0.2) is 4.57 Å². The maximum absolute atomic E-state index is 2.56. The first-order chi connectivity index (χ1) is 20.4. The number of fused-ring (bicyclic) bond motifs is 1. The van der Waals surface area contributed by atoms with E-state index in [9.17, 15) is 0 Å². The van der Waals surface area contributed by atoms with Gasteiger partial charge in [0.25, 0.3) is 5.82 Å². The summed E-state index contributed by atoms with van der Waals surface area (Å²) in [6.07, 6.45) is 0. The van der Waals surface area contributed by atoms with Crippen molar-refractivity contribution in [2.45, 2.75) is 98.8 Å². The van der Waals surface area contributed by atoms with Gasteiger partial charge >= 0.3 is 0 Å². The molecule has 0 aliphatic heterocycles. The average molecular weight is 572 g/mol. The van der Waals surface area contributed by atoms with Crippen molar-refractivity contribution in [2.75, 3.05) is 0 Å². The molecule has 0 saturated carbocycles. The van der Waals surface area contributed by atoms with Crippen LogP contribution >= 0.6 is 0 Å². The van der Waals surface area contributed by atoms with Crippen LogP contribution in [-0.2, 0) is 7.05 Å². The van der Waals surface area contributed by atoms with Gasteiger partial charge in [0.2, 0.25) is 0 Å². The predicted molar refractivity (Wildman–Crippen MR) is 186 cm³/mol. The molecule has 1 aromatic heterocycles. The van der Waals surface area contributed by atoms with Crippen LogP contribution in [0.3, 0.4) is 0 Å². The molecule has 0 N–H and O–H groups in total. The topological polar surface area (TPSA) is 8.81 Å². The molecular weight excluding hydrogens is 520 g/mol. The highest BCUT2D eigenvalue weighted by atomic mass is 15.2. The largest absolute Gasteiger partial charge is 0.265 e. The Kier molecular flexibility index (Phi) is 8.70. The van der Waals surface area contributed by atoms with Crippen molar-refractivity contribution >= 4 is 11.0 Å². The first kappa shape index (κ1) is 30.8. The minimum atomic E-state index is 0.381. The SMILES string of the molecule is CC(C)c1cc(-c2ccc(-c3cc(C(C)C)c(-n4c(C(C)C)[n+](C)c5ccccc54)c(C(C)C)c3)cc2)cc(C(C)C)c1. The van der Waals surface area contributed by atoms with E-state index >= 15 is 0 Å². The number of aryl methyl sites for hydroxylation is 1. The highest BCUT2D eigenvalue weighted by molar-refractivity contribution is 5.79.